The molecule has 6 aromatic carbocycles. The molecule has 5 nitrogen and oxygen atoms in total. The van der Waals surface area contributed by atoms with Gasteiger partial charge in [0.1, 0.15) is 11.2 Å². The van der Waals surface area contributed by atoms with E-state index >= 15 is 0 Å². The van der Waals surface area contributed by atoms with Crippen molar-refractivity contribution in [1.29, 1.82) is 0 Å². The van der Waals surface area contributed by atoms with Crippen LogP contribution < -0.4 is 0 Å². The summed E-state index contributed by atoms with van der Waals surface area (Å²) < 4.78 is 8.57. The van der Waals surface area contributed by atoms with E-state index in [4.69, 9.17) is 19.4 Å². The minimum atomic E-state index is 0.352. The van der Waals surface area contributed by atoms with Gasteiger partial charge >= 0.3 is 0 Å². The minimum absolute atomic E-state index is 0.352. The highest BCUT2D eigenvalue weighted by Gasteiger charge is 2.24. The Labute approximate surface area is 295 Å². The highest BCUT2D eigenvalue weighted by molar-refractivity contribution is 6.06. The van der Waals surface area contributed by atoms with Crippen molar-refractivity contribution in [2.75, 3.05) is 0 Å². The molecular formula is C46H32N4O. The zero-order chi connectivity index (χ0) is 33.9. The molecule has 0 radical (unpaired) electrons. The summed E-state index contributed by atoms with van der Waals surface area (Å²) >= 11 is 0. The van der Waals surface area contributed by atoms with Crippen molar-refractivity contribution in [3.63, 3.8) is 0 Å². The molecule has 1 atom stereocenters. The van der Waals surface area contributed by atoms with Gasteiger partial charge in [-0.3, -0.25) is 0 Å². The second-order valence-electron chi connectivity index (χ2n) is 13.3. The number of furan rings is 1. The predicted molar refractivity (Wildman–Crippen MR) is 208 cm³/mol. The molecular weight excluding hydrogens is 625 g/mol. The van der Waals surface area contributed by atoms with E-state index in [0.29, 0.717) is 23.4 Å². The van der Waals surface area contributed by atoms with Crippen LogP contribution in [0.5, 0.6) is 0 Å². The molecule has 0 saturated carbocycles. The number of rotatable bonds is 5. The average molecular weight is 657 g/mol. The highest BCUT2D eigenvalue weighted by Crippen LogP contribution is 2.42. The second kappa shape index (κ2) is 11.8. The second-order valence-corrected chi connectivity index (χ2v) is 13.3. The first kappa shape index (κ1) is 29.3. The van der Waals surface area contributed by atoms with Gasteiger partial charge in [-0.15, -0.1) is 0 Å². The van der Waals surface area contributed by atoms with E-state index in [1.54, 1.807) is 0 Å². The summed E-state index contributed by atoms with van der Waals surface area (Å²) in [5.41, 5.74) is 11.9. The van der Waals surface area contributed by atoms with Crippen LogP contribution in [0.4, 0.5) is 0 Å². The van der Waals surface area contributed by atoms with Gasteiger partial charge in [-0.1, -0.05) is 122 Å². The lowest BCUT2D eigenvalue weighted by Crippen LogP contribution is -2.07. The van der Waals surface area contributed by atoms with Gasteiger partial charge in [0.2, 0.25) is 0 Å². The highest BCUT2D eigenvalue weighted by atomic mass is 16.3. The maximum absolute atomic E-state index is 6.13. The van der Waals surface area contributed by atoms with E-state index in [0.717, 1.165) is 50.7 Å². The summed E-state index contributed by atoms with van der Waals surface area (Å²) in [6.45, 7) is 2.32. The molecule has 3 heterocycles. The van der Waals surface area contributed by atoms with Crippen LogP contribution >= 0.6 is 0 Å². The first-order valence-corrected chi connectivity index (χ1v) is 17.4. The largest absolute Gasteiger partial charge is 0.456 e. The number of allylic oxidation sites excluding steroid dienone is 1. The van der Waals surface area contributed by atoms with Crippen LogP contribution in [0.3, 0.4) is 0 Å². The Morgan fingerprint density at radius 3 is 1.88 bits per heavy atom. The van der Waals surface area contributed by atoms with E-state index in [-0.39, 0.29) is 0 Å². The molecule has 10 rings (SSSR count). The molecule has 0 N–H and O–H groups in total. The van der Waals surface area contributed by atoms with Crippen LogP contribution in [0.1, 0.15) is 30.5 Å². The fraction of sp³-hybridized carbons (Fsp3) is 0.0652. The number of hydrogen-bond donors (Lipinski definition) is 0. The molecule has 0 bridgehead atoms. The van der Waals surface area contributed by atoms with E-state index < -0.39 is 0 Å². The smallest absolute Gasteiger partial charge is 0.164 e. The van der Waals surface area contributed by atoms with E-state index in [2.05, 4.69) is 96.4 Å². The van der Waals surface area contributed by atoms with Gasteiger partial charge < -0.3 is 8.98 Å². The number of nitrogens with zero attached hydrogens (tertiary/aromatic N) is 4. The lowest BCUT2D eigenvalue weighted by Gasteiger charge is -2.20. The van der Waals surface area contributed by atoms with Gasteiger partial charge in [0.05, 0.1) is 5.52 Å². The molecule has 1 aliphatic rings. The molecule has 1 unspecified atom stereocenters. The van der Waals surface area contributed by atoms with Crippen molar-refractivity contribution in [3.05, 3.63) is 163 Å². The number of benzene rings is 6. The van der Waals surface area contributed by atoms with Crippen LogP contribution in [0.25, 0.3) is 89.9 Å². The van der Waals surface area contributed by atoms with E-state index in [1.165, 1.54) is 33.3 Å². The van der Waals surface area contributed by atoms with Crippen molar-refractivity contribution in [2.24, 2.45) is 0 Å². The van der Waals surface area contributed by atoms with Crippen molar-refractivity contribution in [1.82, 2.24) is 19.5 Å². The molecule has 0 aliphatic heterocycles. The number of para-hydroxylation sites is 1. The molecule has 0 amide bonds. The first-order chi connectivity index (χ1) is 25.2. The topological polar surface area (TPSA) is 56.7 Å². The standard InChI is InChI=1S/C46H32N4O/c1-29-12-10-20-37-38-27-32(33-23-25-42-39(28-33)36-19-8-9-21-41(36)51-42)22-24-40(38)50(43(29)37)35-18-11-17-34(26-35)46-48-44(30-13-4-2-5-14-30)47-45(49-46)31-15-6-3-7-16-31/h2-11,13-29H,12H2,1H3. The zero-order valence-corrected chi connectivity index (χ0v) is 28.0. The summed E-state index contributed by atoms with van der Waals surface area (Å²) in [6.07, 6.45) is 5.61. The molecule has 1 aliphatic carbocycles. The number of fused-ring (bicyclic) bond motifs is 6. The average Bonchev–Trinajstić information content (AvgIpc) is 3.74. The zero-order valence-electron chi connectivity index (χ0n) is 28.0. The Bertz CT molecular complexity index is 2740. The van der Waals surface area contributed by atoms with Crippen LogP contribution in [-0.2, 0) is 0 Å². The summed E-state index contributed by atoms with van der Waals surface area (Å²) in [6, 6.07) is 50.5. The Balaban J connectivity index is 1.12. The van der Waals surface area contributed by atoms with E-state index in [9.17, 15) is 0 Å². The quantitative estimate of drug-likeness (QED) is 0.185. The van der Waals surface area contributed by atoms with Gasteiger partial charge in [-0.05, 0) is 60.0 Å². The predicted octanol–water partition coefficient (Wildman–Crippen LogP) is 11.9. The first-order valence-electron chi connectivity index (χ1n) is 17.4. The van der Waals surface area contributed by atoms with Gasteiger partial charge in [-0.25, -0.2) is 15.0 Å². The van der Waals surface area contributed by atoms with Gasteiger partial charge in [-0.2, -0.15) is 0 Å². The molecule has 0 fully saturated rings. The summed E-state index contributed by atoms with van der Waals surface area (Å²) in [7, 11) is 0. The number of aromatic nitrogens is 4. The van der Waals surface area contributed by atoms with Crippen LogP contribution in [0.2, 0.25) is 0 Å². The van der Waals surface area contributed by atoms with Crippen molar-refractivity contribution >= 4 is 38.9 Å². The molecule has 9 aromatic rings. The van der Waals surface area contributed by atoms with Gasteiger partial charge in [0.15, 0.2) is 17.5 Å². The Hall–Kier alpha value is -6.59. The molecule has 0 saturated heterocycles. The Morgan fingerprint density at radius 2 is 1.14 bits per heavy atom. The SMILES string of the molecule is CC1CC=Cc2c1n(-c1cccc(-c3nc(-c4ccccc4)nc(-c4ccccc4)n3)c1)c1ccc(-c3ccc4oc5ccccc5c4c3)cc21. The van der Waals surface area contributed by atoms with Crippen molar-refractivity contribution in [3.8, 4) is 51.0 Å². The fourth-order valence-electron chi connectivity index (χ4n) is 7.58. The van der Waals surface area contributed by atoms with Crippen LogP contribution in [-0.4, -0.2) is 19.5 Å². The molecule has 3 aromatic heterocycles. The summed E-state index contributed by atoms with van der Waals surface area (Å²) in [5.74, 6) is 2.31. The maximum Gasteiger partial charge on any atom is 0.164 e. The van der Waals surface area contributed by atoms with Crippen LogP contribution in [0.15, 0.2) is 156 Å². The van der Waals surface area contributed by atoms with Gasteiger partial charge in [0, 0.05) is 55.7 Å². The molecule has 5 heteroatoms. The Morgan fingerprint density at radius 1 is 0.529 bits per heavy atom. The third kappa shape index (κ3) is 4.97. The lowest BCUT2D eigenvalue weighted by molar-refractivity contribution is 0.669. The van der Waals surface area contributed by atoms with Crippen LogP contribution in [0, 0.1) is 0 Å². The lowest BCUT2D eigenvalue weighted by atomic mass is 9.92. The summed E-state index contributed by atoms with van der Waals surface area (Å²) in [5, 5.41) is 3.52. The van der Waals surface area contributed by atoms with E-state index in [1.807, 2.05) is 72.8 Å². The number of hydrogen-bond acceptors (Lipinski definition) is 4. The minimum Gasteiger partial charge on any atom is -0.456 e. The molecule has 0 spiro atoms. The Kier molecular flexibility index (Phi) is 6.78. The fourth-order valence-corrected chi connectivity index (χ4v) is 7.58. The molecule has 51 heavy (non-hydrogen) atoms. The third-order valence-corrected chi connectivity index (χ3v) is 10.1. The van der Waals surface area contributed by atoms with Gasteiger partial charge in [0.25, 0.3) is 0 Å². The monoisotopic (exact) mass is 656 g/mol. The maximum atomic E-state index is 6.13. The molecule has 242 valence electrons. The van der Waals surface area contributed by atoms with Crippen molar-refractivity contribution < 1.29 is 4.42 Å². The van der Waals surface area contributed by atoms with Crippen molar-refractivity contribution in [2.45, 2.75) is 19.3 Å². The normalized spacial score (nSPS) is 14.0. The third-order valence-electron chi connectivity index (χ3n) is 10.1. The summed E-state index contributed by atoms with van der Waals surface area (Å²) in [4.78, 5) is 14.9.